The van der Waals surface area contributed by atoms with Gasteiger partial charge in [-0.25, -0.2) is 9.78 Å². The molecule has 1 aliphatic rings. The van der Waals surface area contributed by atoms with Crippen LogP contribution in [0.25, 0.3) is 0 Å². The molecular weight excluding hydrogens is 282 g/mol. The minimum atomic E-state index is -0.439. The maximum absolute atomic E-state index is 12.0. The Morgan fingerprint density at radius 3 is 2.68 bits per heavy atom. The third-order valence-corrected chi connectivity index (χ3v) is 3.75. The molecule has 1 N–H and O–H groups in total. The lowest BCUT2D eigenvalue weighted by atomic mass is 9.96. The van der Waals surface area contributed by atoms with Crippen LogP contribution in [-0.2, 0) is 15.9 Å². The summed E-state index contributed by atoms with van der Waals surface area (Å²) in [4.78, 5) is 21.7. The zero-order valence-electron chi connectivity index (χ0n) is 14.0. The van der Waals surface area contributed by atoms with E-state index in [-0.39, 0.29) is 6.09 Å². The van der Waals surface area contributed by atoms with Crippen LogP contribution < -0.4 is 0 Å². The van der Waals surface area contributed by atoms with E-state index in [4.69, 9.17) is 9.47 Å². The predicted molar refractivity (Wildman–Crippen MR) is 83.9 cm³/mol. The predicted octanol–water partition coefficient (Wildman–Crippen LogP) is 2.71. The lowest BCUT2D eigenvalue weighted by Gasteiger charge is -2.32. The number of aromatic amines is 1. The number of carbonyl (C=O) groups is 1. The van der Waals surface area contributed by atoms with Crippen molar-refractivity contribution in [3.8, 4) is 0 Å². The molecule has 2 heterocycles. The standard InChI is InChI=1S/C16H27N3O3/c1-16(2,3)22-15(20)19-8-5-12(6-9-19)14-17-11-13(18-14)7-10-21-4/h11-12H,5-10H2,1-4H3,(H,17,18). The van der Waals surface area contributed by atoms with E-state index in [1.165, 1.54) is 0 Å². The van der Waals surface area contributed by atoms with Gasteiger partial charge in [0.15, 0.2) is 0 Å². The van der Waals surface area contributed by atoms with Crippen molar-refractivity contribution in [1.82, 2.24) is 14.9 Å². The Kier molecular flexibility index (Phi) is 5.45. The number of ether oxygens (including phenoxy) is 2. The second-order valence-electron chi connectivity index (χ2n) is 6.76. The number of nitrogens with one attached hydrogen (secondary N) is 1. The molecule has 1 amide bonds. The summed E-state index contributed by atoms with van der Waals surface area (Å²) in [6.45, 7) is 7.79. The average molecular weight is 309 g/mol. The normalized spacial score (nSPS) is 16.8. The third-order valence-electron chi connectivity index (χ3n) is 3.75. The monoisotopic (exact) mass is 309 g/mol. The Hall–Kier alpha value is -1.56. The summed E-state index contributed by atoms with van der Waals surface area (Å²) in [5.74, 6) is 1.41. The largest absolute Gasteiger partial charge is 0.444 e. The van der Waals surface area contributed by atoms with Gasteiger partial charge in [0.1, 0.15) is 11.4 Å². The van der Waals surface area contributed by atoms with Crippen molar-refractivity contribution in [1.29, 1.82) is 0 Å². The number of hydrogen-bond acceptors (Lipinski definition) is 4. The summed E-state index contributed by atoms with van der Waals surface area (Å²) < 4.78 is 10.5. The Morgan fingerprint density at radius 2 is 2.09 bits per heavy atom. The molecule has 0 bridgehead atoms. The van der Waals surface area contributed by atoms with Gasteiger partial charge in [0.2, 0.25) is 0 Å². The van der Waals surface area contributed by atoms with Crippen LogP contribution in [0.1, 0.15) is 51.0 Å². The molecule has 0 radical (unpaired) electrons. The highest BCUT2D eigenvalue weighted by Gasteiger charge is 2.28. The fourth-order valence-corrected chi connectivity index (χ4v) is 2.58. The molecule has 1 aromatic heterocycles. The zero-order valence-corrected chi connectivity index (χ0v) is 14.0. The van der Waals surface area contributed by atoms with E-state index < -0.39 is 5.60 Å². The number of methoxy groups -OCH3 is 1. The minimum absolute atomic E-state index is 0.217. The Balaban J connectivity index is 1.84. The highest BCUT2D eigenvalue weighted by Crippen LogP contribution is 2.26. The van der Waals surface area contributed by atoms with E-state index in [0.717, 1.165) is 30.8 Å². The molecule has 2 rings (SSSR count). The van der Waals surface area contributed by atoms with Crippen LogP contribution in [-0.4, -0.2) is 53.4 Å². The van der Waals surface area contributed by atoms with E-state index in [1.807, 2.05) is 27.0 Å². The molecule has 1 fully saturated rings. The summed E-state index contributed by atoms with van der Waals surface area (Å²) in [5.41, 5.74) is 0.594. The molecule has 124 valence electrons. The first kappa shape index (κ1) is 16.8. The molecule has 0 unspecified atom stereocenters. The first-order valence-corrected chi connectivity index (χ1v) is 7.90. The SMILES string of the molecule is COCCc1c[nH]c(C2CCN(C(=O)OC(C)(C)C)CC2)n1. The van der Waals surface area contributed by atoms with Gasteiger partial charge in [-0.2, -0.15) is 0 Å². The molecule has 1 aromatic rings. The van der Waals surface area contributed by atoms with Crippen LogP contribution in [0.3, 0.4) is 0 Å². The van der Waals surface area contributed by atoms with Crippen molar-refractivity contribution in [3.05, 3.63) is 17.7 Å². The molecule has 22 heavy (non-hydrogen) atoms. The second-order valence-corrected chi connectivity index (χ2v) is 6.76. The minimum Gasteiger partial charge on any atom is -0.444 e. The van der Waals surface area contributed by atoms with E-state index >= 15 is 0 Å². The summed E-state index contributed by atoms with van der Waals surface area (Å²) in [5, 5.41) is 0. The number of carbonyl (C=O) groups excluding carboxylic acids is 1. The zero-order chi connectivity index (χ0) is 16.2. The van der Waals surface area contributed by atoms with Gasteiger partial charge in [-0.15, -0.1) is 0 Å². The number of nitrogens with zero attached hydrogens (tertiary/aromatic N) is 2. The lowest BCUT2D eigenvalue weighted by molar-refractivity contribution is 0.0203. The molecule has 0 aromatic carbocycles. The quantitative estimate of drug-likeness (QED) is 0.928. The molecule has 0 saturated carbocycles. The number of aromatic nitrogens is 2. The van der Waals surface area contributed by atoms with Crippen LogP contribution in [0.5, 0.6) is 0 Å². The van der Waals surface area contributed by atoms with Crippen LogP contribution in [0.2, 0.25) is 0 Å². The Morgan fingerprint density at radius 1 is 1.41 bits per heavy atom. The number of imidazole rings is 1. The molecular formula is C16H27N3O3. The number of piperidine rings is 1. The Labute approximate surface area is 132 Å². The van der Waals surface area contributed by atoms with Gasteiger partial charge in [-0.1, -0.05) is 0 Å². The highest BCUT2D eigenvalue weighted by atomic mass is 16.6. The van der Waals surface area contributed by atoms with Crippen molar-refractivity contribution in [2.45, 2.75) is 51.6 Å². The smallest absolute Gasteiger partial charge is 0.410 e. The first-order valence-electron chi connectivity index (χ1n) is 7.90. The van der Waals surface area contributed by atoms with E-state index in [2.05, 4.69) is 9.97 Å². The third kappa shape index (κ3) is 4.73. The number of rotatable bonds is 4. The number of hydrogen-bond donors (Lipinski definition) is 1. The molecule has 1 saturated heterocycles. The molecule has 6 nitrogen and oxygen atoms in total. The molecule has 0 spiro atoms. The van der Waals surface area contributed by atoms with E-state index in [1.54, 1.807) is 12.0 Å². The topological polar surface area (TPSA) is 67.5 Å². The van der Waals surface area contributed by atoms with Gasteiger partial charge in [-0.05, 0) is 33.6 Å². The number of likely N-dealkylation sites (tertiary alicyclic amines) is 1. The Bertz CT molecular complexity index is 485. The molecule has 1 aliphatic heterocycles. The second kappa shape index (κ2) is 7.13. The number of amides is 1. The van der Waals surface area contributed by atoms with Crippen LogP contribution in [0.15, 0.2) is 6.20 Å². The maximum Gasteiger partial charge on any atom is 0.410 e. The fourth-order valence-electron chi connectivity index (χ4n) is 2.58. The van der Waals surface area contributed by atoms with Crippen LogP contribution >= 0.6 is 0 Å². The van der Waals surface area contributed by atoms with Crippen molar-refractivity contribution >= 4 is 6.09 Å². The first-order chi connectivity index (χ1) is 10.4. The van der Waals surface area contributed by atoms with Crippen molar-refractivity contribution in [3.63, 3.8) is 0 Å². The summed E-state index contributed by atoms with van der Waals surface area (Å²) in [6.07, 6.45) is 4.39. The summed E-state index contributed by atoms with van der Waals surface area (Å²) in [7, 11) is 1.69. The van der Waals surface area contributed by atoms with Crippen LogP contribution in [0, 0.1) is 0 Å². The number of H-pyrrole nitrogens is 1. The average Bonchev–Trinajstić information content (AvgIpc) is 2.92. The van der Waals surface area contributed by atoms with Gasteiger partial charge in [-0.3, -0.25) is 0 Å². The lowest BCUT2D eigenvalue weighted by Crippen LogP contribution is -2.41. The van der Waals surface area contributed by atoms with Crippen LogP contribution in [0.4, 0.5) is 4.79 Å². The molecule has 0 aliphatic carbocycles. The van der Waals surface area contributed by atoms with Gasteiger partial charge < -0.3 is 19.4 Å². The summed E-state index contributed by atoms with van der Waals surface area (Å²) in [6, 6.07) is 0. The molecule has 6 heteroatoms. The molecule has 0 atom stereocenters. The van der Waals surface area contributed by atoms with Crippen molar-refractivity contribution in [2.24, 2.45) is 0 Å². The van der Waals surface area contributed by atoms with Crippen molar-refractivity contribution < 1.29 is 14.3 Å². The van der Waals surface area contributed by atoms with E-state index in [0.29, 0.717) is 25.6 Å². The van der Waals surface area contributed by atoms with Gasteiger partial charge in [0.25, 0.3) is 0 Å². The highest BCUT2D eigenvalue weighted by molar-refractivity contribution is 5.68. The van der Waals surface area contributed by atoms with E-state index in [9.17, 15) is 4.79 Å². The van der Waals surface area contributed by atoms with Gasteiger partial charge in [0.05, 0.1) is 12.3 Å². The fraction of sp³-hybridized carbons (Fsp3) is 0.750. The summed E-state index contributed by atoms with van der Waals surface area (Å²) >= 11 is 0. The maximum atomic E-state index is 12.0. The van der Waals surface area contributed by atoms with Gasteiger partial charge >= 0.3 is 6.09 Å². The van der Waals surface area contributed by atoms with Gasteiger partial charge in [0, 0.05) is 38.7 Å². The van der Waals surface area contributed by atoms with Crippen molar-refractivity contribution in [2.75, 3.05) is 26.8 Å².